The van der Waals surface area contributed by atoms with Crippen molar-refractivity contribution in [3.8, 4) is 17.6 Å². The van der Waals surface area contributed by atoms with Crippen LogP contribution in [-0.4, -0.2) is 11.0 Å². The minimum atomic E-state index is -5.00. The molecule has 10 heteroatoms. The van der Waals surface area contributed by atoms with Gasteiger partial charge >= 0.3 is 11.8 Å². The van der Waals surface area contributed by atoms with Crippen LogP contribution < -0.4 is 4.74 Å². The molecule has 2 aromatic rings. The number of hydrogen-bond acceptors (Lipinski definition) is 3. The summed E-state index contributed by atoms with van der Waals surface area (Å²) in [6.07, 6.45) is -6.74. The van der Waals surface area contributed by atoms with Crippen LogP contribution in [0.5, 0.6) is 11.5 Å². The van der Waals surface area contributed by atoms with E-state index >= 15 is 0 Å². The van der Waals surface area contributed by atoms with Crippen molar-refractivity contribution >= 4 is 0 Å². The Morgan fingerprint density at radius 3 is 2.37 bits per heavy atom. The maximum atomic E-state index is 13.8. The zero-order chi connectivity index (χ0) is 20.1. The number of nitriles is 1. The van der Waals surface area contributed by atoms with Crippen molar-refractivity contribution in [2.75, 3.05) is 0 Å². The molecule has 0 aliphatic heterocycles. The summed E-state index contributed by atoms with van der Waals surface area (Å²) in [4.78, 5) is 0. The third-order valence-electron chi connectivity index (χ3n) is 4.07. The van der Waals surface area contributed by atoms with Crippen molar-refractivity contribution in [1.82, 2.24) is 0 Å². The fourth-order valence-corrected chi connectivity index (χ4v) is 2.84. The zero-order valence-corrected chi connectivity index (χ0v) is 13.0. The second kappa shape index (κ2) is 6.13. The van der Waals surface area contributed by atoms with Gasteiger partial charge in [0.15, 0.2) is 6.10 Å². The Morgan fingerprint density at radius 2 is 1.78 bits per heavy atom. The lowest BCUT2D eigenvalue weighted by atomic mass is 10.0. The van der Waals surface area contributed by atoms with E-state index in [1.807, 2.05) is 0 Å². The summed E-state index contributed by atoms with van der Waals surface area (Å²) >= 11 is 0. The first kappa shape index (κ1) is 19.0. The molecule has 0 amide bonds. The van der Waals surface area contributed by atoms with Crippen molar-refractivity contribution in [1.29, 1.82) is 5.26 Å². The summed E-state index contributed by atoms with van der Waals surface area (Å²) in [5, 5.41) is 18.3. The van der Waals surface area contributed by atoms with E-state index in [2.05, 4.69) is 0 Å². The van der Waals surface area contributed by atoms with Gasteiger partial charge in [-0.3, -0.25) is 0 Å². The van der Waals surface area contributed by atoms with Gasteiger partial charge < -0.3 is 9.84 Å². The average Bonchev–Trinajstić information content (AvgIpc) is 2.71. The summed E-state index contributed by atoms with van der Waals surface area (Å²) in [6.45, 7) is 0. The lowest BCUT2D eigenvalue weighted by Crippen LogP contribution is -2.36. The van der Waals surface area contributed by atoms with E-state index in [1.54, 1.807) is 6.07 Å². The van der Waals surface area contributed by atoms with Gasteiger partial charge in [-0.05, 0) is 24.3 Å². The number of ether oxygens (including phenoxy) is 1. The number of nitrogens with zero attached hydrogens (tertiary/aromatic N) is 1. The first-order valence-corrected chi connectivity index (χ1v) is 7.28. The Morgan fingerprint density at radius 1 is 1.11 bits per heavy atom. The van der Waals surface area contributed by atoms with Gasteiger partial charge in [0.2, 0.25) is 0 Å². The standard InChI is InChI=1S/C17H8F7NO2/c18-8-3-7(6-25)4-9(5-8)27-11-2-1-10-12(13(11)15(19)20)14(26)17(23,24)16(10,21)22/h1-5,14-15,26H/t14-/m1/s1. The van der Waals surface area contributed by atoms with Crippen molar-refractivity contribution in [2.45, 2.75) is 24.4 Å². The van der Waals surface area contributed by atoms with Gasteiger partial charge in [0, 0.05) is 17.2 Å². The van der Waals surface area contributed by atoms with Gasteiger partial charge in [0.1, 0.15) is 17.3 Å². The Balaban J connectivity index is 2.17. The van der Waals surface area contributed by atoms with Crippen molar-refractivity contribution in [2.24, 2.45) is 0 Å². The molecule has 1 aliphatic rings. The van der Waals surface area contributed by atoms with Gasteiger partial charge in [0.25, 0.3) is 6.43 Å². The van der Waals surface area contributed by atoms with Crippen LogP contribution in [-0.2, 0) is 5.92 Å². The van der Waals surface area contributed by atoms with Crippen LogP contribution in [0.25, 0.3) is 0 Å². The molecule has 3 nitrogen and oxygen atoms in total. The highest BCUT2D eigenvalue weighted by Crippen LogP contribution is 2.60. The SMILES string of the molecule is N#Cc1cc(F)cc(Oc2ccc3c(c2C(F)F)[C@@H](O)C(F)(F)C3(F)F)c1. The Kier molecular flexibility index (Phi) is 4.31. The van der Waals surface area contributed by atoms with Crippen LogP contribution in [0.2, 0.25) is 0 Å². The predicted octanol–water partition coefficient (Wildman–Crippen LogP) is 5.20. The molecule has 0 bridgehead atoms. The van der Waals surface area contributed by atoms with Gasteiger partial charge in [-0.25, -0.2) is 13.2 Å². The monoisotopic (exact) mass is 391 g/mol. The van der Waals surface area contributed by atoms with Crippen LogP contribution in [0.15, 0.2) is 30.3 Å². The normalized spacial score (nSPS) is 19.6. The van der Waals surface area contributed by atoms with Crippen molar-refractivity contribution in [3.05, 3.63) is 58.4 Å². The van der Waals surface area contributed by atoms with Gasteiger partial charge in [-0.15, -0.1) is 0 Å². The molecule has 3 rings (SSSR count). The fraction of sp³-hybridized carbons (Fsp3) is 0.235. The second-order valence-corrected chi connectivity index (χ2v) is 5.73. The molecule has 0 spiro atoms. The molecule has 1 atom stereocenters. The number of rotatable bonds is 3. The topological polar surface area (TPSA) is 53.2 Å². The summed E-state index contributed by atoms with van der Waals surface area (Å²) in [7, 11) is 0. The third kappa shape index (κ3) is 2.78. The maximum Gasteiger partial charge on any atom is 0.343 e. The van der Waals surface area contributed by atoms with Crippen molar-refractivity contribution < 1.29 is 40.6 Å². The molecule has 0 saturated carbocycles. The Hall–Kier alpha value is -2.80. The number of halogens is 7. The largest absolute Gasteiger partial charge is 0.457 e. The third-order valence-corrected chi connectivity index (χ3v) is 4.07. The van der Waals surface area contributed by atoms with Crippen LogP contribution in [0.4, 0.5) is 30.7 Å². The lowest BCUT2D eigenvalue weighted by Gasteiger charge is -2.21. The number of alkyl halides is 6. The number of aliphatic hydroxyl groups excluding tert-OH is 1. The Labute approximate surface area is 147 Å². The molecule has 0 heterocycles. The highest BCUT2D eigenvalue weighted by molar-refractivity contribution is 5.54. The predicted molar refractivity (Wildman–Crippen MR) is 76.4 cm³/mol. The van der Waals surface area contributed by atoms with Crippen LogP contribution >= 0.6 is 0 Å². The average molecular weight is 391 g/mol. The van der Waals surface area contributed by atoms with Crippen LogP contribution in [0.3, 0.4) is 0 Å². The van der Waals surface area contributed by atoms with E-state index in [0.717, 1.165) is 18.2 Å². The van der Waals surface area contributed by atoms with E-state index < -0.39 is 58.4 Å². The first-order valence-electron chi connectivity index (χ1n) is 7.28. The highest BCUT2D eigenvalue weighted by atomic mass is 19.3. The lowest BCUT2D eigenvalue weighted by molar-refractivity contribution is -0.246. The molecule has 27 heavy (non-hydrogen) atoms. The summed E-state index contributed by atoms with van der Waals surface area (Å²) in [6, 6.07) is 5.16. The summed E-state index contributed by atoms with van der Waals surface area (Å²) < 4.78 is 100. The molecule has 0 unspecified atom stereocenters. The molecular weight excluding hydrogens is 383 g/mol. The van der Waals surface area contributed by atoms with E-state index in [-0.39, 0.29) is 5.56 Å². The molecule has 142 valence electrons. The minimum Gasteiger partial charge on any atom is -0.457 e. The number of fused-ring (bicyclic) bond motifs is 1. The first-order chi connectivity index (χ1) is 12.5. The fourth-order valence-electron chi connectivity index (χ4n) is 2.84. The molecular formula is C17H8F7NO2. The minimum absolute atomic E-state index is 0.220. The molecule has 1 N–H and O–H groups in total. The second-order valence-electron chi connectivity index (χ2n) is 5.73. The molecule has 0 fully saturated rings. The van der Waals surface area contributed by atoms with E-state index in [4.69, 9.17) is 10.00 Å². The molecule has 0 saturated heterocycles. The molecule has 0 aromatic heterocycles. The van der Waals surface area contributed by atoms with Gasteiger partial charge in [-0.1, -0.05) is 0 Å². The van der Waals surface area contributed by atoms with E-state index in [9.17, 15) is 35.8 Å². The van der Waals surface area contributed by atoms with E-state index in [0.29, 0.717) is 12.1 Å². The summed E-state index contributed by atoms with van der Waals surface area (Å²) in [5.41, 5.74) is -4.36. The van der Waals surface area contributed by atoms with Crippen molar-refractivity contribution in [3.63, 3.8) is 0 Å². The quantitative estimate of drug-likeness (QED) is 0.732. The maximum absolute atomic E-state index is 13.8. The van der Waals surface area contributed by atoms with E-state index in [1.165, 1.54) is 0 Å². The van der Waals surface area contributed by atoms with Crippen LogP contribution in [0.1, 0.15) is 34.8 Å². The number of benzene rings is 2. The molecule has 1 aliphatic carbocycles. The summed E-state index contributed by atoms with van der Waals surface area (Å²) in [5.74, 6) is -12.1. The van der Waals surface area contributed by atoms with Crippen LogP contribution in [0, 0.1) is 17.1 Å². The van der Waals surface area contributed by atoms with Gasteiger partial charge in [0.05, 0.1) is 17.2 Å². The molecule has 0 radical (unpaired) electrons. The number of hydrogen-bond donors (Lipinski definition) is 1. The smallest absolute Gasteiger partial charge is 0.343 e. The molecule has 2 aromatic carbocycles. The van der Waals surface area contributed by atoms with Gasteiger partial charge in [-0.2, -0.15) is 22.8 Å². The number of aliphatic hydroxyl groups is 1. The zero-order valence-electron chi connectivity index (χ0n) is 13.0. The highest BCUT2D eigenvalue weighted by Gasteiger charge is 2.69. The Bertz CT molecular complexity index is 953.